The molecule has 0 amide bonds. The molecule has 1 saturated heterocycles. The Morgan fingerprint density at radius 2 is 1.88 bits per heavy atom. The van der Waals surface area contributed by atoms with Crippen molar-refractivity contribution in [3.8, 4) is 28.5 Å². The Hall–Kier alpha value is -4.32. The smallest absolute Gasteiger partial charge is 0.272 e. The Morgan fingerprint density at radius 3 is 2.53 bits per heavy atom. The number of anilines is 1. The van der Waals surface area contributed by atoms with E-state index in [4.69, 9.17) is 0 Å². The van der Waals surface area contributed by atoms with E-state index >= 15 is 0 Å². The van der Waals surface area contributed by atoms with E-state index in [0.717, 1.165) is 36.1 Å². The van der Waals surface area contributed by atoms with Crippen LogP contribution in [0.15, 0.2) is 42.5 Å². The summed E-state index contributed by atoms with van der Waals surface area (Å²) in [4.78, 5) is 17.2. The summed E-state index contributed by atoms with van der Waals surface area (Å²) in [7, 11) is 0. The first-order valence-corrected chi connectivity index (χ1v) is 11.1. The second-order valence-electron chi connectivity index (χ2n) is 8.39. The number of nitro benzene ring substituents is 1. The molecule has 0 radical (unpaired) electrons. The lowest BCUT2D eigenvalue weighted by atomic mass is 9.93. The van der Waals surface area contributed by atoms with E-state index in [1.807, 2.05) is 31.2 Å². The minimum atomic E-state index is -0.823. The predicted molar refractivity (Wildman–Crippen MR) is 127 cm³/mol. The van der Waals surface area contributed by atoms with Crippen LogP contribution < -0.4 is 4.90 Å². The van der Waals surface area contributed by atoms with Crippen LogP contribution in [0, 0.1) is 34.2 Å². The van der Waals surface area contributed by atoms with Crippen molar-refractivity contribution in [2.45, 2.75) is 26.2 Å². The number of halogens is 1. The highest BCUT2D eigenvalue weighted by atomic mass is 19.1. The molecule has 0 atom stereocenters. The maximum Gasteiger partial charge on any atom is 0.272 e. The molecule has 1 N–H and O–H groups in total. The molecule has 2 aromatic carbocycles. The minimum absolute atomic E-state index is 0.0101. The number of pyridine rings is 1. The fourth-order valence-electron chi connectivity index (χ4n) is 4.59. The Kier molecular flexibility index (Phi) is 5.42. The van der Waals surface area contributed by atoms with Crippen LogP contribution in [-0.4, -0.2) is 33.2 Å². The first kappa shape index (κ1) is 21.5. The lowest BCUT2D eigenvalue weighted by Gasteiger charge is -2.29. The molecule has 0 bridgehead atoms. The minimum Gasteiger partial charge on any atom is -0.372 e. The van der Waals surface area contributed by atoms with Crippen LogP contribution in [-0.2, 0) is 0 Å². The number of fused-ring (bicyclic) bond motifs is 1. The zero-order valence-electron chi connectivity index (χ0n) is 18.5. The summed E-state index contributed by atoms with van der Waals surface area (Å²) in [5, 5.41) is 29.0. The van der Waals surface area contributed by atoms with Crippen molar-refractivity contribution >= 4 is 22.4 Å². The lowest BCUT2D eigenvalue weighted by molar-refractivity contribution is -0.385. The molecule has 1 fully saturated rings. The summed E-state index contributed by atoms with van der Waals surface area (Å²) in [6, 6.07) is 13.5. The number of nitriles is 1. The zero-order valence-corrected chi connectivity index (χ0v) is 18.5. The van der Waals surface area contributed by atoms with E-state index in [-0.39, 0.29) is 22.5 Å². The summed E-state index contributed by atoms with van der Waals surface area (Å²) in [6.07, 6.45) is 3.59. The summed E-state index contributed by atoms with van der Waals surface area (Å²) < 4.78 is 14.9. The Bertz CT molecular complexity index is 1450. The number of hydrogen-bond donors (Lipinski definition) is 1. The van der Waals surface area contributed by atoms with Gasteiger partial charge >= 0.3 is 0 Å². The third kappa shape index (κ3) is 3.63. The normalized spacial score (nSPS) is 13.7. The van der Waals surface area contributed by atoms with E-state index in [1.54, 1.807) is 0 Å². The van der Waals surface area contributed by atoms with E-state index in [1.165, 1.54) is 31.4 Å². The number of rotatable bonds is 4. The molecule has 0 unspecified atom stereocenters. The average Bonchev–Trinajstić information content (AvgIpc) is 3.23. The van der Waals surface area contributed by atoms with Crippen LogP contribution in [0.5, 0.6) is 0 Å². The summed E-state index contributed by atoms with van der Waals surface area (Å²) in [6.45, 7) is 3.88. The number of piperidine rings is 1. The van der Waals surface area contributed by atoms with Gasteiger partial charge in [-0.25, -0.2) is 9.37 Å². The van der Waals surface area contributed by atoms with Crippen molar-refractivity contribution in [3.63, 3.8) is 0 Å². The number of aromatic nitrogens is 3. The van der Waals surface area contributed by atoms with Crippen LogP contribution in [0.3, 0.4) is 0 Å². The van der Waals surface area contributed by atoms with Gasteiger partial charge in [-0.1, -0.05) is 12.1 Å². The number of benzene rings is 2. The van der Waals surface area contributed by atoms with Gasteiger partial charge in [-0.2, -0.15) is 10.4 Å². The van der Waals surface area contributed by atoms with Crippen LogP contribution >= 0.6 is 0 Å². The van der Waals surface area contributed by atoms with E-state index in [9.17, 15) is 19.8 Å². The molecule has 0 spiro atoms. The van der Waals surface area contributed by atoms with E-state index in [0.29, 0.717) is 16.6 Å². The number of nitrogens with one attached hydrogen (secondary N) is 1. The molecule has 5 rings (SSSR count). The number of aryl methyl sites for hydroxylation is 1. The topological polar surface area (TPSA) is 112 Å². The van der Waals surface area contributed by atoms with Crippen LogP contribution in [0.1, 0.15) is 30.5 Å². The number of non-ortho nitro benzene ring substituents is 1. The van der Waals surface area contributed by atoms with Gasteiger partial charge in [-0.05, 0) is 49.9 Å². The number of H-pyrrole nitrogens is 1. The Labute approximate surface area is 194 Å². The predicted octanol–water partition coefficient (Wildman–Crippen LogP) is 5.51. The highest BCUT2D eigenvalue weighted by molar-refractivity contribution is 6.01. The first-order valence-electron chi connectivity index (χ1n) is 11.1. The third-order valence-corrected chi connectivity index (χ3v) is 6.29. The molecule has 8 nitrogen and oxygen atoms in total. The SMILES string of the molecule is Cc1[nH]nc2nc(-c3ccc([N+](=O)[O-])cc3F)c(C#N)c(-c3ccc(N4CCCCC4)cc3)c12. The van der Waals surface area contributed by atoms with Gasteiger partial charge in [0.15, 0.2) is 5.65 Å². The van der Waals surface area contributed by atoms with Crippen molar-refractivity contribution in [2.75, 3.05) is 18.0 Å². The molecule has 4 aromatic rings. The molecule has 0 saturated carbocycles. The first-order chi connectivity index (χ1) is 16.5. The monoisotopic (exact) mass is 456 g/mol. The molecule has 170 valence electrons. The fourth-order valence-corrected chi connectivity index (χ4v) is 4.59. The van der Waals surface area contributed by atoms with Gasteiger partial charge in [-0.3, -0.25) is 15.2 Å². The molecule has 1 aliphatic heterocycles. The molecule has 3 heterocycles. The fraction of sp³-hybridized carbons (Fsp3) is 0.240. The highest BCUT2D eigenvalue weighted by Crippen LogP contribution is 2.39. The highest BCUT2D eigenvalue weighted by Gasteiger charge is 2.24. The van der Waals surface area contributed by atoms with Crippen LogP contribution in [0.4, 0.5) is 15.8 Å². The molecule has 9 heteroatoms. The zero-order chi connectivity index (χ0) is 23.8. The van der Waals surface area contributed by atoms with Crippen molar-refractivity contribution in [1.29, 1.82) is 5.26 Å². The average molecular weight is 456 g/mol. The largest absolute Gasteiger partial charge is 0.372 e. The van der Waals surface area contributed by atoms with E-state index in [2.05, 4.69) is 26.2 Å². The van der Waals surface area contributed by atoms with E-state index < -0.39 is 10.7 Å². The number of nitrogens with zero attached hydrogens (tertiary/aromatic N) is 5. The van der Waals surface area contributed by atoms with Crippen molar-refractivity contribution < 1.29 is 9.31 Å². The lowest BCUT2D eigenvalue weighted by Crippen LogP contribution is -2.29. The quantitative estimate of drug-likeness (QED) is 0.320. The summed E-state index contributed by atoms with van der Waals surface area (Å²) in [5.41, 5.74) is 3.54. The van der Waals surface area contributed by atoms with Gasteiger partial charge < -0.3 is 4.90 Å². The van der Waals surface area contributed by atoms with Gasteiger partial charge in [0.05, 0.1) is 27.6 Å². The van der Waals surface area contributed by atoms with Gasteiger partial charge in [0.2, 0.25) is 0 Å². The summed E-state index contributed by atoms with van der Waals surface area (Å²) >= 11 is 0. The summed E-state index contributed by atoms with van der Waals surface area (Å²) in [5.74, 6) is -0.823. The number of aromatic amines is 1. The molecular weight excluding hydrogens is 435 g/mol. The number of hydrogen-bond acceptors (Lipinski definition) is 6. The van der Waals surface area contributed by atoms with Crippen molar-refractivity contribution in [2.24, 2.45) is 0 Å². The second-order valence-corrected chi connectivity index (χ2v) is 8.39. The number of nitro groups is 1. The van der Waals surface area contributed by atoms with Crippen LogP contribution in [0.25, 0.3) is 33.4 Å². The standard InChI is InChI=1S/C25H21FN6O2/c1-15-22-23(16-5-7-17(8-6-16)31-11-3-2-4-12-31)20(14-27)24(28-25(22)30-29-15)19-10-9-18(32(33)34)13-21(19)26/h5-10,13H,2-4,11-12H2,1H3,(H,28,29,30). The van der Waals surface area contributed by atoms with Crippen LogP contribution in [0.2, 0.25) is 0 Å². The molecule has 1 aliphatic rings. The maximum absolute atomic E-state index is 14.9. The van der Waals surface area contributed by atoms with Gasteiger partial charge in [0.1, 0.15) is 11.9 Å². The third-order valence-electron chi connectivity index (χ3n) is 6.29. The van der Waals surface area contributed by atoms with Gasteiger partial charge in [0.25, 0.3) is 5.69 Å². The van der Waals surface area contributed by atoms with Crippen molar-refractivity contribution in [1.82, 2.24) is 15.2 Å². The molecular formula is C25H21FN6O2. The molecule has 2 aromatic heterocycles. The second kappa shape index (κ2) is 8.56. The molecule has 34 heavy (non-hydrogen) atoms. The Balaban J connectivity index is 1.70. The Morgan fingerprint density at radius 1 is 1.15 bits per heavy atom. The van der Waals surface area contributed by atoms with Gasteiger partial charge in [0, 0.05) is 41.7 Å². The van der Waals surface area contributed by atoms with Crippen molar-refractivity contribution in [3.05, 3.63) is 69.7 Å². The molecule has 0 aliphatic carbocycles. The van der Waals surface area contributed by atoms with Gasteiger partial charge in [-0.15, -0.1) is 0 Å². The maximum atomic E-state index is 14.9.